The minimum atomic E-state index is 0.715. The van der Waals surface area contributed by atoms with E-state index in [0.717, 1.165) is 36.6 Å². The molecule has 0 atom stereocenters. The van der Waals surface area contributed by atoms with E-state index in [4.69, 9.17) is 0 Å². The van der Waals surface area contributed by atoms with Crippen LogP contribution in [-0.2, 0) is 6.42 Å². The van der Waals surface area contributed by atoms with Crippen molar-refractivity contribution in [3.8, 4) is 5.82 Å². The van der Waals surface area contributed by atoms with Gasteiger partial charge >= 0.3 is 0 Å². The summed E-state index contributed by atoms with van der Waals surface area (Å²) in [5.41, 5.74) is 3.36. The second-order valence-electron chi connectivity index (χ2n) is 5.23. The van der Waals surface area contributed by atoms with Crippen molar-refractivity contribution in [1.82, 2.24) is 30.2 Å². The van der Waals surface area contributed by atoms with Crippen molar-refractivity contribution in [2.24, 2.45) is 0 Å². The van der Waals surface area contributed by atoms with Gasteiger partial charge in [0.25, 0.3) is 0 Å². The van der Waals surface area contributed by atoms with Gasteiger partial charge in [-0.1, -0.05) is 0 Å². The summed E-state index contributed by atoms with van der Waals surface area (Å²) < 4.78 is 1.72. The topological polar surface area (TPSA) is 84.3 Å². The summed E-state index contributed by atoms with van der Waals surface area (Å²) in [4.78, 5) is 0. The van der Waals surface area contributed by atoms with E-state index in [1.807, 2.05) is 44.4 Å². The Bertz CT molecular complexity index is 726. The zero-order chi connectivity index (χ0) is 15.4. The van der Waals surface area contributed by atoms with Crippen LogP contribution in [0.2, 0.25) is 0 Å². The summed E-state index contributed by atoms with van der Waals surface area (Å²) >= 11 is 0. The average Bonchev–Trinajstić information content (AvgIpc) is 3.13. The summed E-state index contributed by atoms with van der Waals surface area (Å²) in [7, 11) is 0. The molecule has 0 saturated heterocycles. The Labute approximate surface area is 128 Å². The van der Waals surface area contributed by atoms with Gasteiger partial charge in [-0.15, -0.1) is 10.2 Å². The highest BCUT2D eigenvalue weighted by Gasteiger charge is 2.02. The van der Waals surface area contributed by atoms with E-state index in [9.17, 15) is 0 Å². The molecule has 7 heteroatoms. The van der Waals surface area contributed by atoms with Gasteiger partial charge in [-0.3, -0.25) is 5.10 Å². The standard InChI is InChI=1S/C15H19N7/c1-11-7-9-22(21-11)15-6-5-14(19-20-15)16-8-3-4-13-10-17-18-12(13)2/h5-7,9-10H,3-4,8H2,1-2H3,(H,16,19)(H,17,18). The number of hydrogen-bond donors (Lipinski definition) is 2. The fraction of sp³-hybridized carbons (Fsp3) is 0.333. The van der Waals surface area contributed by atoms with Gasteiger partial charge in [0.2, 0.25) is 0 Å². The molecule has 0 amide bonds. The number of nitrogens with one attached hydrogen (secondary N) is 2. The first-order valence-electron chi connectivity index (χ1n) is 7.31. The summed E-state index contributed by atoms with van der Waals surface area (Å²) in [6, 6.07) is 5.76. The van der Waals surface area contributed by atoms with Gasteiger partial charge < -0.3 is 5.32 Å². The molecule has 22 heavy (non-hydrogen) atoms. The van der Waals surface area contributed by atoms with Gasteiger partial charge in [0.05, 0.1) is 11.9 Å². The van der Waals surface area contributed by atoms with E-state index in [1.54, 1.807) is 4.68 Å². The third-order valence-corrected chi connectivity index (χ3v) is 3.47. The fourth-order valence-corrected chi connectivity index (χ4v) is 2.21. The number of aryl methyl sites for hydroxylation is 3. The third-order valence-electron chi connectivity index (χ3n) is 3.47. The molecular formula is C15H19N7. The van der Waals surface area contributed by atoms with E-state index in [-0.39, 0.29) is 0 Å². The predicted octanol–water partition coefficient (Wildman–Crippen LogP) is 2.05. The van der Waals surface area contributed by atoms with Crippen LogP contribution < -0.4 is 5.32 Å². The van der Waals surface area contributed by atoms with Crippen LogP contribution in [0.15, 0.2) is 30.6 Å². The van der Waals surface area contributed by atoms with E-state index < -0.39 is 0 Å². The zero-order valence-corrected chi connectivity index (χ0v) is 12.7. The van der Waals surface area contributed by atoms with Gasteiger partial charge in [0.1, 0.15) is 5.82 Å². The lowest BCUT2D eigenvalue weighted by atomic mass is 10.1. The second-order valence-corrected chi connectivity index (χ2v) is 5.23. The van der Waals surface area contributed by atoms with Crippen LogP contribution in [-0.4, -0.2) is 36.7 Å². The lowest BCUT2D eigenvalue weighted by molar-refractivity contribution is 0.799. The number of nitrogens with zero attached hydrogens (tertiary/aromatic N) is 5. The fourth-order valence-electron chi connectivity index (χ4n) is 2.21. The Morgan fingerprint density at radius 3 is 2.73 bits per heavy atom. The third kappa shape index (κ3) is 3.30. The Balaban J connectivity index is 1.50. The van der Waals surface area contributed by atoms with Crippen LogP contribution in [0.5, 0.6) is 0 Å². The molecule has 0 unspecified atom stereocenters. The van der Waals surface area contributed by atoms with E-state index in [0.29, 0.717) is 5.82 Å². The maximum atomic E-state index is 4.31. The van der Waals surface area contributed by atoms with Crippen molar-refractivity contribution in [2.45, 2.75) is 26.7 Å². The Morgan fingerprint density at radius 1 is 1.18 bits per heavy atom. The van der Waals surface area contributed by atoms with Crippen molar-refractivity contribution in [2.75, 3.05) is 11.9 Å². The molecule has 0 aliphatic rings. The van der Waals surface area contributed by atoms with Gasteiger partial charge in [-0.2, -0.15) is 10.2 Å². The SMILES string of the molecule is Cc1ccn(-c2ccc(NCCCc3cn[nH]c3C)nn2)n1. The summed E-state index contributed by atoms with van der Waals surface area (Å²) in [6.45, 7) is 4.83. The lowest BCUT2D eigenvalue weighted by Gasteiger charge is -2.05. The number of rotatable bonds is 6. The van der Waals surface area contributed by atoms with Crippen molar-refractivity contribution in [3.63, 3.8) is 0 Å². The Morgan fingerprint density at radius 2 is 2.09 bits per heavy atom. The first kappa shape index (κ1) is 14.2. The molecule has 3 rings (SSSR count). The summed E-state index contributed by atoms with van der Waals surface area (Å²) in [5.74, 6) is 1.49. The van der Waals surface area contributed by atoms with Crippen LogP contribution in [0.1, 0.15) is 23.4 Å². The smallest absolute Gasteiger partial charge is 0.175 e. The summed E-state index contributed by atoms with van der Waals surface area (Å²) in [5, 5.41) is 22.9. The lowest BCUT2D eigenvalue weighted by Crippen LogP contribution is -2.07. The van der Waals surface area contributed by atoms with Crippen molar-refractivity contribution >= 4 is 5.82 Å². The minimum absolute atomic E-state index is 0.715. The number of anilines is 1. The first-order valence-corrected chi connectivity index (χ1v) is 7.31. The van der Waals surface area contributed by atoms with Gasteiger partial charge in [-0.25, -0.2) is 4.68 Å². The second kappa shape index (κ2) is 6.38. The molecule has 114 valence electrons. The maximum absolute atomic E-state index is 4.31. The highest BCUT2D eigenvalue weighted by Crippen LogP contribution is 2.08. The number of aromatic amines is 1. The largest absolute Gasteiger partial charge is 0.369 e. The predicted molar refractivity (Wildman–Crippen MR) is 84.0 cm³/mol. The van der Waals surface area contributed by atoms with Crippen LogP contribution in [0, 0.1) is 13.8 Å². The molecule has 0 bridgehead atoms. The molecule has 0 aliphatic carbocycles. The van der Waals surface area contributed by atoms with Crippen LogP contribution in [0.3, 0.4) is 0 Å². The Hall–Kier alpha value is -2.70. The maximum Gasteiger partial charge on any atom is 0.175 e. The summed E-state index contributed by atoms with van der Waals surface area (Å²) in [6.07, 6.45) is 5.77. The zero-order valence-electron chi connectivity index (χ0n) is 12.7. The molecule has 0 aromatic carbocycles. The van der Waals surface area contributed by atoms with Crippen LogP contribution in [0.25, 0.3) is 5.82 Å². The molecule has 3 aromatic rings. The highest BCUT2D eigenvalue weighted by molar-refractivity contribution is 5.36. The average molecular weight is 297 g/mol. The molecular weight excluding hydrogens is 278 g/mol. The van der Waals surface area contributed by atoms with E-state index >= 15 is 0 Å². The molecule has 7 nitrogen and oxygen atoms in total. The number of hydrogen-bond acceptors (Lipinski definition) is 5. The van der Waals surface area contributed by atoms with Crippen molar-refractivity contribution < 1.29 is 0 Å². The quantitative estimate of drug-likeness (QED) is 0.680. The van der Waals surface area contributed by atoms with E-state index in [1.165, 1.54) is 5.56 Å². The molecule has 0 aliphatic heterocycles. The Kier molecular flexibility index (Phi) is 4.13. The van der Waals surface area contributed by atoms with E-state index in [2.05, 4.69) is 30.8 Å². The van der Waals surface area contributed by atoms with Gasteiger partial charge in [0, 0.05) is 18.4 Å². The minimum Gasteiger partial charge on any atom is -0.369 e. The molecule has 3 aromatic heterocycles. The normalized spacial score (nSPS) is 10.8. The van der Waals surface area contributed by atoms with Crippen molar-refractivity contribution in [3.05, 3.63) is 47.5 Å². The molecule has 0 saturated carbocycles. The van der Waals surface area contributed by atoms with Crippen LogP contribution in [0.4, 0.5) is 5.82 Å². The van der Waals surface area contributed by atoms with Crippen LogP contribution >= 0.6 is 0 Å². The molecule has 0 radical (unpaired) electrons. The molecule has 2 N–H and O–H groups in total. The first-order chi connectivity index (χ1) is 10.7. The number of H-pyrrole nitrogens is 1. The highest BCUT2D eigenvalue weighted by atomic mass is 15.3. The molecule has 0 fully saturated rings. The number of aromatic nitrogens is 6. The van der Waals surface area contributed by atoms with Gasteiger partial charge in [0.15, 0.2) is 5.82 Å². The molecule has 3 heterocycles. The monoisotopic (exact) mass is 297 g/mol. The van der Waals surface area contributed by atoms with Crippen molar-refractivity contribution in [1.29, 1.82) is 0 Å². The van der Waals surface area contributed by atoms with Gasteiger partial charge in [-0.05, 0) is 50.5 Å². The molecule has 0 spiro atoms.